The number of rotatable bonds is 5. The summed E-state index contributed by atoms with van der Waals surface area (Å²) in [6.07, 6.45) is 7.77. The van der Waals surface area contributed by atoms with Gasteiger partial charge in [-0.25, -0.2) is 9.78 Å². The minimum atomic E-state index is -0.455. The molecule has 1 N–H and O–H groups in total. The van der Waals surface area contributed by atoms with Crippen molar-refractivity contribution in [2.24, 2.45) is 0 Å². The van der Waals surface area contributed by atoms with Crippen LogP contribution in [0.2, 0.25) is 0 Å². The Morgan fingerprint density at radius 2 is 1.96 bits per heavy atom. The van der Waals surface area contributed by atoms with E-state index in [9.17, 15) is 9.59 Å². The maximum absolute atomic E-state index is 12.5. The number of nitrogens with zero attached hydrogens (tertiary/aromatic N) is 4. The van der Waals surface area contributed by atoms with Crippen LogP contribution in [0.1, 0.15) is 40.1 Å². The molecule has 136 valence electrons. The monoisotopic (exact) mass is 363 g/mol. The lowest BCUT2D eigenvalue weighted by atomic mass is 9.96. The van der Waals surface area contributed by atoms with E-state index in [0.29, 0.717) is 17.1 Å². The van der Waals surface area contributed by atoms with Gasteiger partial charge in [0.25, 0.3) is 5.91 Å². The Morgan fingerprint density at radius 1 is 1.11 bits per heavy atom. The number of benzene rings is 1. The highest BCUT2D eigenvalue weighted by Gasteiger charge is 2.24. The standard InChI is InChI=1S/C19H17N5O3/c25-18(16-8-9-17(23-22-16)24-11-10-20-12-24)21-15-7-2-1-6-14(15)19(26)27-13-4-3-5-13/h1-2,6-13H,3-5H2,(H,21,25). The van der Waals surface area contributed by atoms with Crippen LogP contribution in [0.4, 0.5) is 5.69 Å². The number of amides is 1. The summed E-state index contributed by atoms with van der Waals surface area (Å²) < 4.78 is 7.11. The van der Waals surface area contributed by atoms with Gasteiger partial charge < -0.3 is 10.1 Å². The van der Waals surface area contributed by atoms with Crippen molar-refractivity contribution in [2.45, 2.75) is 25.4 Å². The molecule has 0 atom stereocenters. The molecule has 8 nitrogen and oxygen atoms in total. The van der Waals surface area contributed by atoms with Crippen molar-refractivity contribution in [3.63, 3.8) is 0 Å². The van der Waals surface area contributed by atoms with Gasteiger partial charge in [0.05, 0.1) is 11.3 Å². The Bertz CT molecular complexity index is 950. The molecule has 0 aliphatic heterocycles. The number of ether oxygens (including phenoxy) is 1. The van der Waals surface area contributed by atoms with Crippen molar-refractivity contribution in [1.82, 2.24) is 19.7 Å². The number of hydrogen-bond donors (Lipinski definition) is 1. The second-order valence-electron chi connectivity index (χ2n) is 6.20. The Morgan fingerprint density at radius 3 is 2.63 bits per heavy atom. The van der Waals surface area contributed by atoms with Gasteiger partial charge in [0, 0.05) is 12.4 Å². The topological polar surface area (TPSA) is 99.0 Å². The van der Waals surface area contributed by atoms with Gasteiger partial charge in [0.15, 0.2) is 11.5 Å². The number of imidazole rings is 1. The van der Waals surface area contributed by atoms with Gasteiger partial charge in [0.1, 0.15) is 12.4 Å². The summed E-state index contributed by atoms with van der Waals surface area (Å²) in [4.78, 5) is 28.8. The van der Waals surface area contributed by atoms with E-state index in [1.54, 1.807) is 59.7 Å². The maximum Gasteiger partial charge on any atom is 0.340 e. The molecule has 0 spiro atoms. The van der Waals surface area contributed by atoms with Gasteiger partial charge in [0.2, 0.25) is 0 Å². The normalized spacial score (nSPS) is 13.6. The molecule has 0 unspecified atom stereocenters. The number of carbonyl (C=O) groups excluding carboxylic acids is 2. The zero-order valence-corrected chi connectivity index (χ0v) is 14.4. The van der Waals surface area contributed by atoms with Gasteiger partial charge in [-0.2, -0.15) is 0 Å². The first-order valence-electron chi connectivity index (χ1n) is 8.64. The van der Waals surface area contributed by atoms with E-state index in [2.05, 4.69) is 20.5 Å². The lowest BCUT2D eigenvalue weighted by Crippen LogP contribution is -2.26. The van der Waals surface area contributed by atoms with E-state index >= 15 is 0 Å². The molecule has 2 heterocycles. The summed E-state index contributed by atoms with van der Waals surface area (Å²) in [5.74, 6) is -0.339. The first kappa shape index (κ1) is 16.9. The van der Waals surface area contributed by atoms with Gasteiger partial charge >= 0.3 is 5.97 Å². The third-order valence-electron chi connectivity index (χ3n) is 4.37. The van der Waals surface area contributed by atoms with Crippen LogP contribution in [0.25, 0.3) is 5.82 Å². The summed E-state index contributed by atoms with van der Waals surface area (Å²) in [6, 6.07) is 9.98. The van der Waals surface area contributed by atoms with Gasteiger partial charge in [-0.05, 0) is 43.5 Å². The van der Waals surface area contributed by atoms with Crippen molar-refractivity contribution in [3.05, 3.63) is 66.4 Å². The van der Waals surface area contributed by atoms with Crippen molar-refractivity contribution in [3.8, 4) is 5.82 Å². The SMILES string of the molecule is O=C(Nc1ccccc1C(=O)OC1CCC1)c1ccc(-n2ccnc2)nn1. The molecule has 1 amide bonds. The largest absolute Gasteiger partial charge is 0.459 e. The third-order valence-corrected chi connectivity index (χ3v) is 4.37. The molecule has 27 heavy (non-hydrogen) atoms. The molecule has 0 saturated heterocycles. The van der Waals surface area contributed by atoms with Crippen molar-refractivity contribution < 1.29 is 14.3 Å². The molecule has 0 bridgehead atoms. The molecule has 8 heteroatoms. The predicted octanol–water partition coefficient (Wildman–Crippen LogP) is 2.62. The number of nitrogens with one attached hydrogen (secondary N) is 1. The molecule has 4 rings (SSSR count). The second kappa shape index (κ2) is 7.36. The highest BCUT2D eigenvalue weighted by molar-refractivity contribution is 6.07. The Kier molecular flexibility index (Phi) is 4.61. The zero-order valence-electron chi connectivity index (χ0n) is 14.4. The number of para-hydroxylation sites is 1. The summed E-state index contributed by atoms with van der Waals surface area (Å²) in [6.45, 7) is 0. The lowest BCUT2D eigenvalue weighted by molar-refractivity contribution is 0.00912. The Labute approximate surface area is 155 Å². The highest BCUT2D eigenvalue weighted by atomic mass is 16.5. The number of esters is 1. The maximum atomic E-state index is 12.5. The molecule has 0 radical (unpaired) electrons. The van der Waals surface area contributed by atoms with E-state index in [4.69, 9.17) is 4.74 Å². The van der Waals surface area contributed by atoms with Crippen LogP contribution in [-0.2, 0) is 4.74 Å². The van der Waals surface area contributed by atoms with E-state index in [1.165, 1.54) is 0 Å². The van der Waals surface area contributed by atoms with Crippen LogP contribution < -0.4 is 5.32 Å². The van der Waals surface area contributed by atoms with Gasteiger partial charge in [-0.1, -0.05) is 12.1 Å². The second-order valence-corrected chi connectivity index (χ2v) is 6.20. The minimum absolute atomic E-state index is 0.0251. The van der Waals surface area contributed by atoms with Gasteiger partial charge in [-0.15, -0.1) is 10.2 Å². The lowest BCUT2D eigenvalue weighted by Gasteiger charge is -2.25. The van der Waals surface area contributed by atoms with Crippen molar-refractivity contribution >= 4 is 17.6 Å². The number of carbonyl (C=O) groups is 2. The fourth-order valence-corrected chi connectivity index (χ4v) is 2.64. The molecule has 3 aromatic rings. The van der Waals surface area contributed by atoms with E-state index in [-0.39, 0.29) is 11.8 Å². The van der Waals surface area contributed by atoms with E-state index in [1.807, 2.05) is 0 Å². The quantitative estimate of drug-likeness (QED) is 0.700. The summed E-state index contributed by atoms with van der Waals surface area (Å²) >= 11 is 0. The molecule has 1 saturated carbocycles. The predicted molar refractivity (Wildman–Crippen MR) is 96.6 cm³/mol. The molecule has 2 aromatic heterocycles. The van der Waals surface area contributed by atoms with E-state index < -0.39 is 11.9 Å². The summed E-state index contributed by atoms with van der Waals surface area (Å²) in [5.41, 5.74) is 0.842. The van der Waals surface area contributed by atoms with Crippen LogP contribution in [-0.4, -0.2) is 37.7 Å². The molecular weight excluding hydrogens is 346 g/mol. The number of aromatic nitrogens is 4. The van der Waals surface area contributed by atoms with Crippen LogP contribution in [0.3, 0.4) is 0 Å². The zero-order chi connectivity index (χ0) is 18.6. The number of hydrogen-bond acceptors (Lipinski definition) is 6. The molecular formula is C19H17N5O3. The fraction of sp³-hybridized carbons (Fsp3) is 0.211. The average Bonchev–Trinajstić information content (AvgIpc) is 3.20. The first-order chi connectivity index (χ1) is 13.2. The van der Waals surface area contributed by atoms with Crippen LogP contribution in [0, 0.1) is 0 Å². The van der Waals surface area contributed by atoms with Gasteiger partial charge in [-0.3, -0.25) is 9.36 Å². The fourth-order valence-electron chi connectivity index (χ4n) is 2.64. The van der Waals surface area contributed by atoms with Crippen LogP contribution in [0.15, 0.2) is 55.1 Å². The summed E-state index contributed by atoms with van der Waals surface area (Å²) in [7, 11) is 0. The first-order valence-corrected chi connectivity index (χ1v) is 8.64. The Hall–Kier alpha value is -3.55. The molecule has 1 fully saturated rings. The van der Waals surface area contributed by atoms with Crippen molar-refractivity contribution in [2.75, 3.05) is 5.32 Å². The van der Waals surface area contributed by atoms with E-state index in [0.717, 1.165) is 19.3 Å². The van der Waals surface area contributed by atoms with Crippen LogP contribution >= 0.6 is 0 Å². The molecule has 1 aliphatic rings. The van der Waals surface area contributed by atoms with Crippen molar-refractivity contribution in [1.29, 1.82) is 0 Å². The minimum Gasteiger partial charge on any atom is -0.459 e. The molecule has 1 aliphatic carbocycles. The highest BCUT2D eigenvalue weighted by Crippen LogP contribution is 2.25. The molecule has 1 aromatic carbocycles. The number of anilines is 1. The average molecular weight is 363 g/mol. The summed E-state index contributed by atoms with van der Waals surface area (Å²) in [5, 5.41) is 10.7. The third kappa shape index (κ3) is 3.69. The van der Waals surface area contributed by atoms with Crippen LogP contribution in [0.5, 0.6) is 0 Å². The Balaban J connectivity index is 1.48. The smallest absolute Gasteiger partial charge is 0.340 e.